The SMILES string of the molecule is [S-]N/C(Cl)=N/S. The molecule has 5 heteroatoms. The van der Waals surface area contributed by atoms with Crippen LogP contribution in [0, 0.1) is 0 Å². The molecule has 0 rings (SSSR count). The van der Waals surface area contributed by atoms with E-state index >= 15 is 0 Å². The van der Waals surface area contributed by atoms with Crippen LogP contribution in [0.2, 0.25) is 0 Å². The van der Waals surface area contributed by atoms with Crippen molar-refractivity contribution in [1.29, 1.82) is 0 Å². The summed E-state index contributed by atoms with van der Waals surface area (Å²) >= 11 is 12.7. The van der Waals surface area contributed by atoms with Gasteiger partial charge in [-0.1, -0.05) is 0 Å². The zero-order chi connectivity index (χ0) is 4.99. The van der Waals surface area contributed by atoms with Crippen molar-refractivity contribution in [2.24, 2.45) is 4.40 Å². The van der Waals surface area contributed by atoms with Gasteiger partial charge < -0.3 is 17.5 Å². The Morgan fingerprint density at radius 2 is 2.50 bits per heavy atom. The van der Waals surface area contributed by atoms with Crippen LogP contribution in [0.1, 0.15) is 0 Å². The van der Waals surface area contributed by atoms with Gasteiger partial charge in [-0.25, -0.2) is 0 Å². The van der Waals surface area contributed by atoms with E-state index in [0.717, 1.165) is 0 Å². The summed E-state index contributed by atoms with van der Waals surface area (Å²) in [6, 6.07) is 0. The highest BCUT2D eigenvalue weighted by molar-refractivity contribution is 7.79. The third-order valence-electron chi connectivity index (χ3n) is 0.172. The minimum Gasteiger partial charge on any atom is -0.668 e. The number of hydrogen-bond acceptors (Lipinski definition) is 3. The van der Waals surface area contributed by atoms with Crippen molar-refractivity contribution in [2.45, 2.75) is 0 Å². The Morgan fingerprint density at radius 3 is 2.50 bits per heavy atom. The molecule has 0 aliphatic rings. The molecule has 1 N–H and O–H groups in total. The Kier molecular flexibility index (Phi) is 3.92. The molecule has 0 bridgehead atoms. The molecule has 0 aromatic heterocycles. The molecule has 0 aliphatic carbocycles. The van der Waals surface area contributed by atoms with Crippen LogP contribution in [0.25, 0.3) is 0 Å². The van der Waals surface area contributed by atoms with Crippen molar-refractivity contribution in [3.63, 3.8) is 0 Å². The monoisotopic (exact) mass is 141 g/mol. The number of halogens is 1. The molecule has 0 heterocycles. The Hall–Kier alpha value is 0.460. The number of hydrogen-bond donors (Lipinski definition) is 2. The molecule has 0 radical (unpaired) electrons. The number of nitrogens with zero attached hydrogens (tertiary/aromatic N) is 1. The van der Waals surface area contributed by atoms with Crippen molar-refractivity contribution in [1.82, 2.24) is 4.72 Å². The molecule has 0 spiro atoms. The first-order chi connectivity index (χ1) is 2.81. The molecule has 0 aliphatic heterocycles. The molecule has 0 saturated heterocycles. The first-order valence-electron chi connectivity index (χ1n) is 1.07. The fourth-order valence-electron chi connectivity index (χ4n) is 0.0204. The second kappa shape index (κ2) is 3.64. The lowest BCUT2D eigenvalue weighted by molar-refractivity contribution is 1.59. The lowest BCUT2D eigenvalue weighted by atomic mass is 11.4. The van der Waals surface area contributed by atoms with Gasteiger partial charge in [-0.2, -0.15) is 4.40 Å². The van der Waals surface area contributed by atoms with Crippen LogP contribution >= 0.6 is 24.4 Å². The molecular formula is CH2ClN2S2-. The van der Waals surface area contributed by atoms with Crippen molar-refractivity contribution in [3.8, 4) is 0 Å². The molecule has 36 valence electrons. The van der Waals surface area contributed by atoms with Crippen LogP contribution < -0.4 is 4.72 Å². The highest BCUT2D eigenvalue weighted by Gasteiger charge is 1.70. The van der Waals surface area contributed by atoms with Gasteiger partial charge in [-0.3, -0.25) is 0 Å². The molecule has 0 amide bonds. The molecule has 2 nitrogen and oxygen atoms in total. The maximum absolute atomic E-state index is 5.11. The maximum Gasteiger partial charge on any atom is 0.180 e. The molecule has 0 atom stereocenters. The van der Waals surface area contributed by atoms with Crippen molar-refractivity contribution < 1.29 is 0 Å². The molecule has 0 fully saturated rings. The van der Waals surface area contributed by atoms with Gasteiger partial charge in [-0.05, 0) is 24.4 Å². The second-order valence-corrected chi connectivity index (χ2v) is 1.26. The minimum atomic E-state index is 0.119. The standard InChI is InChI=1S/CH2ClN2S2/c2-1(3-5)4-6/h(H2-,3,4,5,6)/q-1. The van der Waals surface area contributed by atoms with Crippen LogP contribution in [0.3, 0.4) is 0 Å². The van der Waals surface area contributed by atoms with Gasteiger partial charge in [0.2, 0.25) is 0 Å². The van der Waals surface area contributed by atoms with Gasteiger partial charge in [0, 0.05) is 0 Å². The quantitative estimate of drug-likeness (QED) is 0.169. The number of nitrogens with one attached hydrogen (secondary N) is 1. The molecule has 0 unspecified atom stereocenters. The highest BCUT2D eigenvalue weighted by atomic mass is 35.5. The third-order valence-corrected chi connectivity index (χ3v) is 0.974. The fraction of sp³-hybridized carbons (Fsp3) is 0. The first-order valence-corrected chi connectivity index (χ1v) is 2.25. The topological polar surface area (TPSA) is 24.4 Å². The largest absolute Gasteiger partial charge is 0.668 e. The normalized spacial score (nSPS) is 11.5. The lowest BCUT2D eigenvalue weighted by Gasteiger charge is -2.01. The molecule has 0 saturated carbocycles. The van der Waals surface area contributed by atoms with Gasteiger partial charge in [-0.15, -0.1) is 0 Å². The number of amidine groups is 1. The van der Waals surface area contributed by atoms with E-state index in [0.29, 0.717) is 0 Å². The highest BCUT2D eigenvalue weighted by Crippen LogP contribution is 1.80. The van der Waals surface area contributed by atoms with Crippen LogP contribution in [0.5, 0.6) is 0 Å². The van der Waals surface area contributed by atoms with Gasteiger partial charge >= 0.3 is 0 Å². The van der Waals surface area contributed by atoms with Crippen LogP contribution in [0.4, 0.5) is 0 Å². The zero-order valence-electron chi connectivity index (χ0n) is 2.68. The fourth-order valence-corrected chi connectivity index (χ4v) is 0.184. The van der Waals surface area contributed by atoms with E-state index in [1.54, 1.807) is 0 Å². The van der Waals surface area contributed by atoms with Gasteiger partial charge in [0.15, 0.2) is 5.29 Å². The molecule has 6 heavy (non-hydrogen) atoms. The predicted octanol–water partition coefficient (Wildman–Crippen LogP) is 0.478. The average Bonchev–Trinajstić information content (AvgIpc) is 1.65. The third kappa shape index (κ3) is 2.68. The van der Waals surface area contributed by atoms with E-state index < -0.39 is 0 Å². The van der Waals surface area contributed by atoms with E-state index in [4.69, 9.17) is 11.6 Å². The number of thiol groups is 1. The summed E-state index contributed by atoms with van der Waals surface area (Å²) in [5.74, 6) is 0. The Morgan fingerprint density at radius 1 is 2.00 bits per heavy atom. The average molecular weight is 142 g/mol. The van der Waals surface area contributed by atoms with Crippen molar-refractivity contribution in [3.05, 3.63) is 0 Å². The first kappa shape index (κ1) is 6.46. The van der Waals surface area contributed by atoms with Crippen LogP contribution in [0.15, 0.2) is 4.40 Å². The Balaban J connectivity index is 3.22. The molecule has 0 aromatic carbocycles. The number of rotatable bonds is 0. The van der Waals surface area contributed by atoms with Gasteiger partial charge in [0.25, 0.3) is 0 Å². The summed E-state index contributed by atoms with van der Waals surface area (Å²) in [6.07, 6.45) is 0. The van der Waals surface area contributed by atoms with Crippen LogP contribution in [-0.4, -0.2) is 5.29 Å². The van der Waals surface area contributed by atoms with Gasteiger partial charge in [0.1, 0.15) is 0 Å². The predicted molar refractivity (Wildman–Crippen MR) is 32.8 cm³/mol. The summed E-state index contributed by atoms with van der Waals surface area (Å²) in [6.45, 7) is 0. The van der Waals surface area contributed by atoms with E-state index in [1.165, 1.54) is 0 Å². The van der Waals surface area contributed by atoms with Gasteiger partial charge in [0.05, 0.1) is 0 Å². The van der Waals surface area contributed by atoms with Crippen molar-refractivity contribution in [2.75, 3.05) is 0 Å². The second-order valence-electron chi connectivity index (χ2n) is 0.493. The van der Waals surface area contributed by atoms with E-state index in [2.05, 4.69) is 34.7 Å². The summed E-state index contributed by atoms with van der Waals surface area (Å²) in [5, 5.41) is 0.119. The smallest absolute Gasteiger partial charge is 0.180 e. The molecule has 0 aromatic rings. The minimum absolute atomic E-state index is 0.119. The zero-order valence-corrected chi connectivity index (χ0v) is 5.15. The van der Waals surface area contributed by atoms with Crippen LogP contribution in [-0.2, 0) is 12.8 Å². The summed E-state index contributed by atoms with van der Waals surface area (Å²) < 4.78 is 5.31. The summed E-state index contributed by atoms with van der Waals surface area (Å²) in [5.41, 5.74) is 0. The summed E-state index contributed by atoms with van der Waals surface area (Å²) in [4.78, 5) is 0. The summed E-state index contributed by atoms with van der Waals surface area (Å²) in [7, 11) is 0. The van der Waals surface area contributed by atoms with Crippen molar-refractivity contribution >= 4 is 42.5 Å². The Bertz CT molecular complexity index is 62.6. The Labute approximate surface area is 52.1 Å². The maximum atomic E-state index is 5.11. The van der Waals surface area contributed by atoms with E-state index in [-0.39, 0.29) is 5.29 Å². The van der Waals surface area contributed by atoms with E-state index in [1.807, 2.05) is 0 Å². The lowest BCUT2D eigenvalue weighted by Crippen LogP contribution is -2.06. The van der Waals surface area contributed by atoms with E-state index in [9.17, 15) is 0 Å². The molecular weight excluding hydrogens is 140 g/mol.